The third-order valence-corrected chi connectivity index (χ3v) is 3.21. The van der Waals surface area contributed by atoms with Gasteiger partial charge in [0, 0.05) is 5.56 Å². The molecule has 1 unspecified atom stereocenters. The van der Waals surface area contributed by atoms with E-state index < -0.39 is 0 Å². The Morgan fingerprint density at radius 2 is 1.60 bits per heavy atom. The van der Waals surface area contributed by atoms with Crippen LogP contribution in [0.15, 0.2) is 54.6 Å². The molecule has 2 rings (SSSR count). The lowest BCUT2D eigenvalue weighted by Gasteiger charge is -2.02. The molecule has 1 atom stereocenters. The highest BCUT2D eigenvalue weighted by molar-refractivity contribution is 5.38. The van der Waals surface area contributed by atoms with Crippen LogP contribution in [0.4, 0.5) is 0 Å². The number of nitrogens with two attached hydrogens (primary N) is 1. The normalized spacial score (nSPS) is 11.5. The zero-order valence-corrected chi connectivity index (χ0v) is 12.0. The summed E-state index contributed by atoms with van der Waals surface area (Å²) in [7, 11) is 0. The molecule has 0 aromatic heterocycles. The largest absolute Gasteiger partial charge is 0.318 e. The molecule has 0 saturated carbocycles. The summed E-state index contributed by atoms with van der Waals surface area (Å²) in [5.74, 6) is 6.24. The van der Waals surface area contributed by atoms with E-state index in [0.29, 0.717) is 0 Å². The monoisotopic (exact) mass is 263 g/mol. The lowest BCUT2D eigenvalue weighted by molar-refractivity contribution is 0.720. The average molecular weight is 263 g/mol. The van der Waals surface area contributed by atoms with Crippen molar-refractivity contribution in [2.75, 3.05) is 0 Å². The lowest BCUT2D eigenvalue weighted by Crippen LogP contribution is -2.16. The number of hydrogen-bond donors (Lipinski definition) is 1. The average Bonchev–Trinajstić information content (AvgIpc) is 2.48. The Morgan fingerprint density at radius 3 is 2.25 bits per heavy atom. The fourth-order valence-electron chi connectivity index (χ4n) is 2.10. The molecule has 1 heteroatoms. The quantitative estimate of drug-likeness (QED) is 0.835. The second-order valence-electron chi connectivity index (χ2n) is 5.02. The van der Waals surface area contributed by atoms with Crippen LogP contribution in [0.3, 0.4) is 0 Å². The SMILES string of the molecule is CCCC(N)C#Cc1ccc(Cc2ccccc2)cc1. The molecule has 0 aliphatic heterocycles. The Kier molecular flexibility index (Phi) is 5.41. The molecule has 0 heterocycles. The summed E-state index contributed by atoms with van der Waals surface area (Å²) < 4.78 is 0. The minimum Gasteiger partial charge on any atom is -0.318 e. The maximum Gasteiger partial charge on any atom is 0.0668 e. The van der Waals surface area contributed by atoms with Crippen molar-refractivity contribution < 1.29 is 0 Å². The Morgan fingerprint density at radius 1 is 0.950 bits per heavy atom. The molecule has 102 valence electrons. The molecular formula is C19H21N. The molecule has 2 N–H and O–H groups in total. The fraction of sp³-hybridized carbons (Fsp3) is 0.263. The zero-order chi connectivity index (χ0) is 14.2. The molecule has 0 amide bonds. The second kappa shape index (κ2) is 7.53. The zero-order valence-electron chi connectivity index (χ0n) is 12.0. The molecule has 0 saturated heterocycles. The van der Waals surface area contributed by atoms with Crippen LogP contribution in [0, 0.1) is 11.8 Å². The third kappa shape index (κ3) is 4.57. The molecule has 0 fully saturated rings. The Labute approximate surface area is 121 Å². The minimum absolute atomic E-state index is 0.0102. The van der Waals surface area contributed by atoms with Crippen molar-refractivity contribution in [3.05, 3.63) is 71.3 Å². The van der Waals surface area contributed by atoms with Crippen LogP contribution < -0.4 is 5.73 Å². The van der Waals surface area contributed by atoms with Gasteiger partial charge in [-0.2, -0.15) is 0 Å². The van der Waals surface area contributed by atoms with Gasteiger partial charge in [0.2, 0.25) is 0 Å². The van der Waals surface area contributed by atoms with Crippen molar-refractivity contribution in [1.82, 2.24) is 0 Å². The molecule has 0 spiro atoms. The van der Waals surface area contributed by atoms with Gasteiger partial charge in [0.15, 0.2) is 0 Å². The van der Waals surface area contributed by atoms with Gasteiger partial charge in [0.05, 0.1) is 6.04 Å². The van der Waals surface area contributed by atoms with Gasteiger partial charge in [-0.05, 0) is 36.1 Å². The smallest absolute Gasteiger partial charge is 0.0668 e. The van der Waals surface area contributed by atoms with Crippen LogP contribution in [0.5, 0.6) is 0 Å². The van der Waals surface area contributed by atoms with E-state index >= 15 is 0 Å². The van der Waals surface area contributed by atoms with E-state index in [1.54, 1.807) is 0 Å². The summed E-state index contributed by atoms with van der Waals surface area (Å²) in [5, 5.41) is 0. The van der Waals surface area contributed by atoms with E-state index in [0.717, 1.165) is 24.8 Å². The molecule has 2 aromatic carbocycles. The molecule has 0 aliphatic rings. The predicted octanol–water partition coefficient (Wildman–Crippen LogP) is 3.76. The first-order chi connectivity index (χ1) is 9.78. The van der Waals surface area contributed by atoms with Gasteiger partial charge in [-0.25, -0.2) is 0 Å². The number of benzene rings is 2. The minimum atomic E-state index is -0.0102. The Balaban J connectivity index is 2.00. The Bertz CT molecular complexity index is 573. The third-order valence-electron chi connectivity index (χ3n) is 3.21. The number of rotatable bonds is 4. The summed E-state index contributed by atoms with van der Waals surface area (Å²) in [6.45, 7) is 2.12. The highest BCUT2D eigenvalue weighted by atomic mass is 14.6. The van der Waals surface area contributed by atoms with Crippen LogP contribution in [-0.4, -0.2) is 6.04 Å². The number of hydrogen-bond acceptors (Lipinski definition) is 1. The van der Waals surface area contributed by atoms with Gasteiger partial charge < -0.3 is 5.73 Å². The molecule has 1 nitrogen and oxygen atoms in total. The first-order valence-corrected chi connectivity index (χ1v) is 7.18. The summed E-state index contributed by atoms with van der Waals surface area (Å²) in [4.78, 5) is 0. The van der Waals surface area contributed by atoms with Gasteiger partial charge in [-0.15, -0.1) is 0 Å². The van der Waals surface area contributed by atoms with E-state index in [4.69, 9.17) is 5.73 Å². The summed E-state index contributed by atoms with van der Waals surface area (Å²) in [5.41, 5.74) is 9.56. The van der Waals surface area contributed by atoms with Gasteiger partial charge in [-0.1, -0.05) is 67.6 Å². The van der Waals surface area contributed by atoms with E-state index in [-0.39, 0.29) is 6.04 Å². The molecule has 20 heavy (non-hydrogen) atoms. The van der Waals surface area contributed by atoms with Crippen molar-refractivity contribution >= 4 is 0 Å². The highest BCUT2D eigenvalue weighted by Crippen LogP contribution is 2.10. The Hall–Kier alpha value is -2.04. The van der Waals surface area contributed by atoms with E-state index in [1.165, 1.54) is 11.1 Å². The second-order valence-corrected chi connectivity index (χ2v) is 5.02. The van der Waals surface area contributed by atoms with E-state index in [1.807, 2.05) is 6.07 Å². The van der Waals surface area contributed by atoms with Crippen molar-refractivity contribution in [2.24, 2.45) is 5.73 Å². The summed E-state index contributed by atoms with van der Waals surface area (Å²) in [6, 6.07) is 18.9. The fourth-order valence-corrected chi connectivity index (χ4v) is 2.10. The van der Waals surface area contributed by atoms with Crippen LogP contribution in [0.25, 0.3) is 0 Å². The maximum atomic E-state index is 5.89. The van der Waals surface area contributed by atoms with Crippen LogP contribution in [0.2, 0.25) is 0 Å². The van der Waals surface area contributed by atoms with Crippen LogP contribution in [0.1, 0.15) is 36.5 Å². The van der Waals surface area contributed by atoms with Gasteiger partial charge >= 0.3 is 0 Å². The first-order valence-electron chi connectivity index (χ1n) is 7.18. The van der Waals surface area contributed by atoms with Crippen molar-refractivity contribution in [2.45, 2.75) is 32.2 Å². The van der Waals surface area contributed by atoms with Gasteiger partial charge in [0.25, 0.3) is 0 Å². The van der Waals surface area contributed by atoms with Crippen molar-refractivity contribution in [3.63, 3.8) is 0 Å². The van der Waals surface area contributed by atoms with Crippen molar-refractivity contribution in [3.8, 4) is 11.8 Å². The van der Waals surface area contributed by atoms with Crippen LogP contribution >= 0.6 is 0 Å². The van der Waals surface area contributed by atoms with Crippen LogP contribution in [-0.2, 0) is 6.42 Å². The summed E-state index contributed by atoms with van der Waals surface area (Å²) >= 11 is 0. The maximum absolute atomic E-state index is 5.89. The standard InChI is InChI=1S/C19H21N/c1-2-6-19(20)14-13-16-9-11-18(12-10-16)15-17-7-4-3-5-8-17/h3-5,7-12,19H,2,6,15,20H2,1H3. The highest BCUT2D eigenvalue weighted by Gasteiger charge is 1.96. The van der Waals surface area contributed by atoms with Gasteiger partial charge in [-0.3, -0.25) is 0 Å². The summed E-state index contributed by atoms with van der Waals surface area (Å²) in [6.07, 6.45) is 2.99. The molecular weight excluding hydrogens is 242 g/mol. The predicted molar refractivity (Wildman–Crippen MR) is 85.5 cm³/mol. The van der Waals surface area contributed by atoms with Gasteiger partial charge in [0.1, 0.15) is 0 Å². The molecule has 2 aromatic rings. The lowest BCUT2D eigenvalue weighted by atomic mass is 10.0. The van der Waals surface area contributed by atoms with E-state index in [2.05, 4.69) is 67.3 Å². The molecule has 0 bridgehead atoms. The van der Waals surface area contributed by atoms with E-state index in [9.17, 15) is 0 Å². The molecule has 0 radical (unpaired) electrons. The first kappa shape index (κ1) is 14.4. The van der Waals surface area contributed by atoms with Crippen molar-refractivity contribution in [1.29, 1.82) is 0 Å². The molecule has 0 aliphatic carbocycles. The topological polar surface area (TPSA) is 26.0 Å².